The van der Waals surface area contributed by atoms with Crippen LogP contribution in [0.15, 0.2) is 42.7 Å². The number of hydrogen-bond donors (Lipinski definition) is 1. The van der Waals surface area contributed by atoms with Crippen molar-refractivity contribution < 1.29 is 4.74 Å². The fourth-order valence-electron chi connectivity index (χ4n) is 3.44. The first-order valence-corrected chi connectivity index (χ1v) is 9.03. The molecule has 25 heavy (non-hydrogen) atoms. The molecule has 0 aromatic carbocycles. The van der Waals surface area contributed by atoms with E-state index in [1.54, 1.807) is 0 Å². The van der Waals surface area contributed by atoms with Gasteiger partial charge in [0.15, 0.2) is 0 Å². The molecule has 0 spiro atoms. The molecule has 1 N–H and O–H groups in total. The number of fused-ring (bicyclic) bond motifs is 1. The first kappa shape index (κ1) is 16.1. The van der Waals surface area contributed by atoms with Crippen molar-refractivity contribution in [1.82, 2.24) is 19.9 Å². The number of rotatable bonds is 4. The zero-order valence-electron chi connectivity index (χ0n) is 14.8. The summed E-state index contributed by atoms with van der Waals surface area (Å²) in [5.74, 6) is 1.35. The lowest BCUT2D eigenvalue weighted by Gasteiger charge is -2.22. The van der Waals surface area contributed by atoms with Gasteiger partial charge in [0.05, 0.1) is 23.5 Å². The van der Waals surface area contributed by atoms with Gasteiger partial charge in [-0.15, -0.1) is 0 Å². The molecule has 5 nitrogen and oxygen atoms in total. The molecule has 130 valence electrons. The van der Waals surface area contributed by atoms with Gasteiger partial charge in [-0.25, -0.2) is 4.52 Å². The van der Waals surface area contributed by atoms with Gasteiger partial charge in [0.2, 0.25) is 0 Å². The van der Waals surface area contributed by atoms with E-state index < -0.39 is 0 Å². The highest BCUT2D eigenvalue weighted by Gasteiger charge is 2.17. The number of nitrogens with zero attached hydrogens (tertiary/aromatic N) is 3. The highest BCUT2D eigenvalue weighted by molar-refractivity contribution is 5.78. The molecule has 1 atom stereocenters. The van der Waals surface area contributed by atoms with E-state index in [4.69, 9.17) is 9.72 Å². The normalized spacial score (nSPS) is 18.0. The molecule has 3 aromatic rings. The van der Waals surface area contributed by atoms with Gasteiger partial charge in [0.1, 0.15) is 5.75 Å². The Morgan fingerprint density at radius 3 is 3.00 bits per heavy atom. The van der Waals surface area contributed by atoms with Crippen LogP contribution in [0.5, 0.6) is 5.75 Å². The van der Waals surface area contributed by atoms with Crippen molar-refractivity contribution in [3.8, 4) is 17.0 Å². The Morgan fingerprint density at radius 2 is 2.20 bits per heavy atom. The number of nitrogens with one attached hydrogen (secondary N) is 1. The number of hydrogen-bond acceptors (Lipinski definition) is 4. The molecule has 5 heteroatoms. The van der Waals surface area contributed by atoms with Crippen molar-refractivity contribution in [3.63, 3.8) is 0 Å². The summed E-state index contributed by atoms with van der Waals surface area (Å²) in [5.41, 5.74) is 4.20. The average Bonchev–Trinajstić information content (AvgIpc) is 3.05. The van der Waals surface area contributed by atoms with E-state index in [1.165, 1.54) is 18.5 Å². The minimum Gasteiger partial charge on any atom is -0.491 e. The molecule has 0 amide bonds. The Balaban J connectivity index is 1.71. The molecule has 0 saturated carbocycles. The van der Waals surface area contributed by atoms with Crippen LogP contribution in [-0.4, -0.2) is 33.8 Å². The topological polar surface area (TPSA) is 51.5 Å². The van der Waals surface area contributed by atoms with Gasteiger partial charge in [0, 0.05) is 36.0 Å². The SMILES string of the molecule is CC(C)Oc1ccn2ncc(-c3cccc(C4CCCNC4)n3)c2c1. The van der Waals surface area contributed by atoms with E-state index in [9.17, 15) is 0 Å². The van der Waals surface area contributed by atoms with Gasteiger partial charge >= 0.3 is 0 Å². The van der Waals surface area contributed by atoms with Crippen LogP contribution >= 0.6 is 0 Å². The van der Waals surface area contributed by atoms with Crippen LogP contribution in [0.3, 0.4) is 0 Å². The lowest BCUT2D eigenvalue weighted by molar-refractivity contribution is 0.242. The first-order valence-electron chi connectivity index (χ1n) is 9.03. The van der Waals surface area contributed by atoms with E-state index in [1.807, 2.05) is 42.9 Å². The van der Waals surface area contributed by atoms with Gasteiger partial charge in [-0.3, -0.25) is 4.98 Å². The standard InChI is InChI=1S/C20H24N4O/c1-14(2)25-16-8-10-24-20(11-16)17(13-22-24)19-7-3-6-18(23-19)15-5-4-9-21-12-15/h3,6-8,10-11,13-15,21H,4-5,9,12H2,1-2H3. The van der Waals surface area contributed by atoms with Crippen LogP contribution in [0.25, 0.3) is 16.8 Å². The fraction of sp³-hybridized carbons (Fsp3) is 0.400. The minimum atomic E-state index is 0.147. The summed E-state index contributed by atoms with van der Waals surface area (Å²) in [4.78, 5) is 4.95. The summed E-state index contributed by atoms with van der Waals surface area (Å²) >= 11 is 0. The maximum Gasteiger partial charge on any atom is 0.123 e. The Bertz CT molecular complexity index is 865. The van der Waals surface area contributed by atoms with Crippen molar-refractivity contribution >= 4 is 5.52 Å². The summed E-state index contributed by atoms with van der Waals surface area (Å²) in [5, 5.41) is 7.94. The minimum absolute atomic E-state index is 0.147. The molecule has 0 aliphatic carbocycles. The largest absolute Gasteiger partial charge is 0.491 e. The van der Waals surface area contributed by atoms with Crippen molar-refractivity contribution in [1.29, 1.82) is 0 Å². The zero-order chi connectivity index (χ0) is 17.2. The molecule has 0 bridgehead atoms. The van der Waals surface area contributed by atoms with Crippen molar-refractivity contribution in [3.05, 3.63) is 48.4 Å². The second kappa shape index (κ2) is 6.84. The number of ether oxygens (including phenoxy) is 1. The summed E-state index contributed by atoms with van der Waals surface area (Å²) in [6, 6.07) is 10.3. The van der Waals surface area contributed by atoms with E-state index in [2.05, 4.69) is 28.6 Å². The summed E-state index contributed by atoms with van der Waals surface area (Å²) in [6.45, 7) is 6.19. The molecule has 1 saturated heterocycles. The molecule has 0 radical (unpaired) electrons. The third-order valence-electron chi connectivity index (χ3n) is 4.63. The summed E-state index contributed by atoms with van der Waals surface area (Å²) in [6.07, 6.45) is 6.38. The quantitative estimate of drug-likeness (QED) is 0.790. The van der Waals surface area contributed by atoms with Crippen molar-refractivity contribution in [2.45, 2.75) is 38.7 Å². The van der Waals surface area contributed by atoms with Gasteiger partial charge in [-0.2, -0.15) is 5.10 Å². The molecule has 4 rings (SSSR count). The monoisotopic (exact) mass is 336 g/mol. The van der Waals surface area contributed by atoms with E-state index >= 15 is 0 Å². The van der Waals surface area contributed by atoms with Crippen LogP contribution < -0.4 is 10.1 Å². The molecule has 1 aliphatic rings. The summed E-state index contributed by atoms with van der Waals surface area (Å²) < 4.78 is 7.71. The van der Waals surface area contributed by atoms with Crippen molar-refractivity contribution in [2.24, 2.45) is 0 Å². The zero-order valence-corrected chi connectivity index (χ0v) is 14.8. The van der Waals surface area contributed by atoms with Crippen LogP contribution in [0.1, 0.15) is 38.3 Å². The number of pyridine rings is 2. The van der Waals surface area contributed by atoms with Crippen LogP contribution in [0.4, 0.5) is 0 Å². The predicted molar refractivity (Wildman–Crippen MR) is 99.0 cm³/mol. The molecule has 4 heterocycles. The number of piperidine rings is 1. The lowest BCUT2D eigenvalue weighted by Crippen LogP contribution is -2.28. The van der Waals surface area contributed by atoms with E-state index in [0.717, 1.165) is 35.6 Å². The fourth-order valence-corrected chi connectivity index (χ4v) is 3.44. The first-order chi connectivity index (χ1) is 12.2. The second-order valence-corrected chi connectivity index (χ2v) is 6.91. The number of aromatic nitrogens is 3. The molecule has 3 aromatic heterocycles. The average molecular weight is 336 g/mol. The maximum absolute atomic E-state index is 5.83. The Kier molecular flexibility index (Phi) is 4.40. The summed E-state index contributed by atoms with van der Waals surface area (Å²) in [7, 11) is 0. The molecule has 1 fully saturated rings. The van der Waals surface area contributed by atoms with E-state index in [-0.39, 0.29) is 6.10 Å². The molecule has 1 unspecified atom stereocenters. The third kappa shape index (κ3) is 3.37. The van der Waals surface area contributed by atoms with Crippen LogP contribution in [0.2, 0.25) is 0 Å². The Hall–Kier alpha value is -2.40. The van der Waals surface area contributed by atoms with E-state index in [0.29, 0.717) is 5.92 Å². The molecular weight excluding hydrogens is 312 g/mol. The molecule has 1 aliphatic heterocycles. The van der Waals surface area contributed by atoms with Crippen molar-refractivity contribution in [2.75, 3.05) is 13.1 Å². The Labute approximate surface area is 148 Å². The highest BCUT2D eigenvalue weighted by Crippen LogP contribution is 2.28. The van der Waals surface area contributed by atoms with Crippen LogP contribution in [0, 0.1) is 0 Å². The van der Waals surface area contributed by atoms with Crippen LogP contribution in [-0.2, 0) is 0 Å². The van der Waals surface area contributed by atoms with Gasteiger partial charge < -0.3 is 10.1 Å². The Morgan fingerprint density at radius 1 is 1.28 bits per heavy atom. The van der Waals surface area contributed by atoms with Gasteiger partial charge in [0.25, 0.3) is 0 Å². The smallest absolute Gasteiger partial charge is 0.123 e. The van der Waals surface area contributed by atoms with Gasteiger partial charge in [-0.05, 0) is 51.4 Å². The maximum atomic E-state index is 5.83. The lowest BCUT2D eigenvalue weighted by atomic mass is 9.95. The third-order valence-corrected chi connectivity index (χ3v) is 4.63. The highest BCUT2D eigenvalue weighted by atomic mass is 16.5. The second-order valence-electron chi connectivity index (χ2n) is 6.91. The molecular formula is C20H24N4O. The predicted octanol–water partition coefficient (Wildman–Crippen LogP) is 3.65. The van der Waals surface area contributed by atoms with Gasteiger partial charge in [-0.1, -0.05) is 6.07 Å².